The number of ether oxygens (including phenoxy) is 4. The second kappa shape index (κ2) is 34.1. The van der Waals surface area contributed by atoms with Crippen molar-refractivity contribution < 1.29 is 28.5 Å². The quantitative estimate of drug-likeness (QED) is 0.0773. The highest BCUT2D eigenvalue weighted by atomic mass is 127. The highest BCUT2D eigenvalue weighted by Gasteiger charge is 2.04. The van der Waals surface area contributed by atoms with Gasteiger partial charge < -0.3 is 30.4 Å². The van der Waals surface area contributed by atoms with Gasteiger partial charge in [0.05, 0.1) is 48.7 Å². The molecule has 8 nitrogen and oxygen atoms in total. The van der Waals surface area contributed by atoms with Gasteiger partial charge in [0.2, 0.25) is 0 Å². The van der Waals surface area contributed by atoms with Crippen LogP contribution in [0.4, 0.5) is 11.4 Å². The van der Waals surface area contributed by atoms with Crippen LogP contribution in [-0.4, -0.2) is 40.4 Å². The fourth-order valence-electron chi connectivity index (χ4n) is 5.64. The van der Waals surface area contributed by atoms with Gasteiger partial charge in [0.15, 0.2) is 0 Å². The van der Waals surface area contributed by atoms with Crippen molar-refractivity contribution in [3.63, 3.8) is 0 Å². The standard InChI is InChI=1S/C16H14O.C15H13N.2C10H8O2.C7H7IO.C6H6IN/c1-13-7-9-14(10-8-13)11-12-15-5-3-4-6-16(15)17-2;1-12-6-8-13(9-7-12)10-11-14-4-2-3-5-15(14)16;2*1-3-8-4-6-9(7-5-8)10(11)12-2;1-9-7-5-3-2-4-6(7)8;7-5-3-1-2-4-6(5)8/h3-10H,1-2H3;2-9H,16H2,1H3;2*1,4-7H,2H3;2-5H,1H3;1-4H,8H2. The summed E-state index contributed by atoms with van der Waals surface area (Å²) in [5.74, 6) is 18.4. The van der Waals surface area contributed by atoms with E-state index in [9.17, 15) is 9.59 Å². The number of halogens is 2. The molecule has 0 atom stereocenters. The van der Waals surface area contributed by atoms with E-state index in [1.54, 1.807) is 62.8 Å². The van der Waals surface area contributed by atoms with Crippen molar-refractivity contribution in [1.82, 2.24) is 0 Å². The first-order valence-corrected chi connectivity index (χ1v) is 24.6. The van der Waals surface area contributed by atoms with E-state index in [0.717, 1.165) is 63.4 Å². The zero-order valence-corrected chi connectivity index (χ0v) is 46.3. The molecule has 0 aliphatic rings. The Bertz CT molecular complexity index is 3140. The number of benzene rings is 8. The summed E-state index contributed by atoms with van der Waals surface area (Å²) in [4.78, 5) is 21.9. The summed E-state index contributed by atoms with van der Waals surface area (Å²) in [7, 11) is 6.03. The van der Waals surface area contributed by atoms with Gasteiger partial charge in [0, 0.05) is 42.8 Å². The second-order valence-electron chi connectivity index (χ2n) is 15.1. The van der Waals surface area contributed by atoms with E-state index in [2.05, 4.69) is 128 Å². The fourth-order valence-corrected chi connectivity index (χ4v) is 6.63. The van der Waals surface area contributed by atoms with Gasteiger partial charge in [0.1, 0.15) is 11.5 Å². The number of hydrogen-bond acceptors (Lipinski definition) is 8. The zero-order valence-electron chi connectivity index (χ0n) is 42.0. The van der Waals surface area contributed by atoms with Crippen molar-refractivity contribution in [1.29, 1.82) is 0 Å². The normalized spacial score (nSPS) is 9.05. The lowest BCUT2D eigenvalue weighted by atomic mass is 10.1. The number of anilines is 2. The molecule has 0 aromatic heterocycles. The molecule has 8 aromatic rings. The Kier molecular flexibility index (Phi) is 27.6. The lowest BCUT2D eigenvalue weighted by molar-refractivity contribution is 0.0592. The minimum atomic E-state index is -0.349. The average molecular weight is 1200 g/mol. The molecule has 0 heterocycles. The summed E-state index contributed by atoms with van der Waals surface area (Å²) >= 11 is 4.43. The number of hydrogen-bond donors (Lipinski definition) is 2. The van der Waals surface area contributed by atoms with Crippen molar-refractivity contribution in [2.24, 2.45) is 0 Å². The molecule has 0 amide bonds. The molecule has 0 saturated heterocycles. The number of carbonyl (C=O) groups excluding carboxylic acids is 2. The topological polar surface area (TPSA) is 123 Å². The van der Waals surface area contributed by atoms with E-state index in [0.29, 0.717) is 11.1 Å². The SMILES string of the molecule is C#Cc1ccc(C(=O)OC)cc1.C#Cc1ccc(C(=O)OC)cc1.COc1ccccc1C#Cc1ccc(C)cc1.COc1ccccc1I.Cc1ccc(C#Cc2ccccc2N)cc1.Nc1ccccc1I. The zero-order chi connectivity index (χ0) is 54.1. The maximum Gasteiger partial charge on any atom is 0.337 e. The van der Waals surface area contributed by atoms with E-state index in [4.69, 9.17) is 33.8 Å². The van der Waals surface area contributed by atoms with Crippen molar-refractivity contribution in [2.75, 3.05) is 39.9 Å². The summed E-state index contributed by atoms with van der Waals surface area (Å²) in [6.45, 7) is 4.13. The number of esters is 2. The number of aryl methyl sites for hydroxylation is 2. The molecule has 0 bridgehead atoms. The summed E-state index contributed by atoms with van der Waals surface area (Å²) in [5.41, 5.74) is 21.7. The van der Waals surface area contributed by atoms with Crippen LogP contribution in [-0.2, 0) is 9.47 Å². The van der Waals surface area contributed by atoms with Crippen molar-refractivity contribution in [3.8, 4) is 59.9 Å². The predicted octanol–water partition coefficient (Wildman–Crippen LogP) is 13.5. The smallest absolute Gasteiger partial charge is 0.337 e. The number of para-hydroxylation sites is 4. The fraction of sp³-hybridized carbons (Fsp3) is 0.0938. The van der Waals surface area contributed by atoms with Crippen LogP contribution < -0.4 is 20.9 Å². The molecule has 0 spiro atoms. The van der Waals surface area contributed by atoms with Crippen LogP contribution in [0.15, 0.2) is 194 Å². The van der Waals surface area contributed by atoms with Gasteiger partial charge in [-0.15, -0.1) is 12.8 Å². The molecule has 372 valence electrons. The lowest BCUT2D eigenvalue weighted by Gasteiger charge is -2.00. The third-order valence-electron chi connectivity index (χ3n) is 9.76. The van der Waals surface area contributed by atoms with Crippen LogP contribution in [0.25, 0.3) is 0 Å². The Morgan fingerprint density at radius 3 is 1.11 bits per heavy atom. The first-order valence-electron chi connectivity index (χ1n) is 22.5. The number of nitrogens with two attached hydrogens (primary N) is 2. The molecular formula is C64H56I2N2O6. The molecular weight excluding hydrogens is 1150 g/mol. The van der Waals surface area contributed by atoms with E-state index < -0.39 is 0 Å². The van der Waals surface area contributed by atoms with Gasteiger partial charge >= 0.3 is 11.9 Å². The van der Waals surface area contributed by atoms with Gasteiger partial charge in [-0.3, -0.25) is 0 Å². The Morgan fingerprint density at radius 1 is 0.405 bits per heavy atom. The van der Waals surface area contributed by atoms with Crippen molar-refractivity contribution >= 4 is 68.5 Å². The number of carbonyl (C=O) groups is 2. The van der Waals surface area contributed by atoms with Crippen LogP contribution in [0.3, 0.4) is 0 Å². The maximum atomic E-state index is 10.9. The molecule has 0 saturated carbocycles. The maximum absolute atomic E-state index is 10.9. The van der Waals surface area contributed by atoms with Crippen LogP contribution in [0.5, 0.6) is 11.5 Å². The summed E-state index contributed by atoms with van der Waals surface area (Å²) in [5, 5.41) is 0. The molecule has 74 heavy (non-hydrogen) atoms. The summed E-state index contributed by atoms with van der Waals surface area (Å²) in [6, 6.07) is 60.8. The number of nitrogen functional groups attached to an aromatic ring is 2. The molecule has 0 aliphatic heterocycles. The number of rotatable bonds is 4. The largest absolute Gasteiger partial charge is 0.496 e. The van der Waals surface area contributed by atoms with Gasteiger partial charge in [-0.25, -0.2) is 9.59 Å². The number of methoxy groups -OCH3 is 4. The minimum absolute atomic E-state index is 0.349. The Labute approximate surface area is 464 Å². The summed E-state index contributed by atoms with van der Waals surface area (Å²) in [6.07, 6.45) is 10.3. The van der Waals surface area contributed by atoms with E-state index in [1.165, 1.54) is 25.3 Å². The third kappa shape index (κ3) is 22.4. The first-order chi connectivity index (χ1) is 35.7. The van der Waals surface area contributed by atoms with E-state index in [-0.39, 0.29) is 11.9 Å². The molecule has 8 aromatic carbocycles. The predicted molar refractivity (Wildman–Crippen MR) is 319 cm³/mol. The first kappa shape index (κ1) is 59.9. The molecule has 0 radical (unpaired) electrons. The highest BCUT2D eigenvalue weighted by Crippen LogP contribution is 2.19. The van der Waals surface area contributed by atoms with Gasteiger partial charge in [-0.1, -0.05) is 119 Å². The van der Waals surface area contributed by atoms with Gasteiger partial charge in [-0.05, 0) is 180 Å². The number of terminal acetylenes is 2. The minimum Gasteiger partial charge on any atom is -0.496 e. The average Bonchev–Trinajstić information content (AvgIpc) is 3.44. The van der Waals surface area contributed by atoms with Gasteiger partial charge in [-0.2, -0.15) is 0 Å². The lowest BCUT2D eigenvalue weighted by Crippen LogP contribution is -2.00. The molecule has 4 N–H and O–H groups in total. The molecule has 8 rings (SSSR count). The van der Waals surface area contributed by atoms with E-state index >= 15 is 0 Å². The molecule has 0 unspecified atom stereocenters. The highest BCUT2D eigenvalue weighted by molar-refractivity contribution is 14.1. The summed E-state index contributed by atoms with van der Waals surface area (Å²) < 4.78 is 21.6. The Hall–Kier alpha value is -8.40. The third-order valence-corrected chi connectivity index (χ3v) is 11.6. The van der Waals surface area contributed by atoms with Crippen LogP contribution >= 0.6 is 45.2 Å². The van der Waals surface area contributed by atoms with Crippen LogP contribution in [0.2, 0.25) is 0 Å². The monoisotopic (exact) mass is 1200 g/mol. The van der Waals surface area contributed by atoms with Gasteiger partial charge in [0.25, 0.3) is 0 Å². The Balaban J connectivity index is 0.000000239. The van der Waals surface area contributed by atoms with Crippen LogP contribution in [0.1, 0.15) is 65.2 Å². The van der Waals surface area contributed by atoms with E-state index in [1.807, 2.05) is 121 Å². The van der Waals surface area contributed by atoms with Crippen molar-refractivity contribution in [2.45, 2.75) is 13.8 Å². The Morgan fingerprint density at radius 2 is 0.757 bits per heavy atom. The molecule has 0 fully saturated rings. The van der Waals surface area contributed by atoms with Crippen molar-refractivity contribution in [3.05, 3.63) is 257 Å². The molecule has 10 heteroatoms. The van der Waals surface area contributed by atoms with Crippen LogP contribution in [0, 0.1) is 69.4 Å². The second-order valence-corrected chi connectivity index (χ2v) is 17.4. The molecule has 0 aliphatic carbocycles.